The van der Waals surface area contributed by atoms with Gasteiger partial charge in [-0.1, -0.05) is 6.58 Å². The van der Waals surface area contributed by atoms with Gasteiger partial charge in [-0.25, -0.2) is 0 Å². The Bertz CT molecular complexity index is 118. The fraction of sp³-hybridized carbons (Fsp3) is 0.500. The molecule has 0 bridgehead atoms. The number of aliphatic imine (C=N–C) groups is 1. The van der Waals surface area contributed by atoms with E-state index >= 15 is 0 Å². The minimum absolute atomic E-state index is 0.220. The largest absolute Gasteiger partial charge is 0.254 e. The molecule has 9 heavy (non-hydrogen) atoms. The molecule has 0 aromatic heterocycles. The van der Waals surface area contributed by atoms with Gasteiger partial charge in [0, 0.05) is 11.4 Å². The molecule has 1 atom stereocenters. The lowest BCUT2D eigenvalue weighted by Crippen LogP contribution is -2.04. The fourth-order valence-electron chi connectivity index (χ4n) is 0.421. The van der Waals surface area contributed by atoms with E-state index in [9.17, 15) is 0 Å². The Hall–Kier alpha value is 0.110. The van der Waals surface area contributed by atoms with Crippen LogP contribution in [0.2, 0.25) is 0 Å². The highest BCUT2D eigenvalue weighted by atomic mass is 32.2. The molecule has 0 saturated carbocycles. The van der Waals surface area contributed by atoms with Crippen molar-refractivity contribution in [3.8, 4) is 0 Å². The van der Waals surface area contributed by atoms with Crippen molar-refractivity contribution in [1.82, 2.24) is 0 Å². The average molecular weight is 161 g/mol. The summed E-state index contributed by atoms with van der Waals surface area (Å²) in [5, 5.41) is 1.23. The van der Waals surface area contributed by atoms with Crippen molar-refractivity contribution in [2.75, 3.05) is 6.26 Å². The van der Waals surface area contributed by atoms with Crippen LogP contribution in [0.1, 0.15) is 6.92 Å². The van der Waals surface area contributed by atoms with Gasteiger partial charge in [-0.2, -0.15) is 12.6 Å². The molecule has 0 spiro atoms. The topological polar surface area (TPSA) is 12.4 Å². The van der Waals surface area contributed by atoms with Crippen LogP contribution in [0.3, 0.4) is 0 Å². The van der Waals surface area contributed by atoms with Crippen LogP contribution in [0.4, 0.5) is 0 Å². The number of thiol groups is 1. The molecule has 0 radical (unpaired) electrons. The highest BCUT2D eigenvalue weighted by Gasteiger charge is 2.00. The molecule has 0 rings (SSSR count). The van der Waals surface area contributed by atoms with Crippen molar-refractivity contribution in [2.24, 2.45) is 4.99 Å². The number of rotatable bonds is 2. The molecule has 52 valence electrons. The molecule has 0 aliphatic rings. The van der Waals surface area contributed by atoms with Crippen molar-refractivity contribution >= 4 is 29.4 Å². The number of nitrogens with zero attached hydrogens (tertiary/aromatic N) is 1. The molecule has 0 heterocycles. The van der Waals surface area contributed by atoms with Crippen LogP contribution in [0, 0.1) is 0 Å². The number of hydrogen-bond donors (Lipinski definition) is 1. The van der Waals surface area contributed by atoms with Crippen LogP contribution in [-0.4, -0.2) is 16.5 Å². The summed E-state index contributed by atoms with van der Waals surface area (Å²) in [7, 11) is 0. The summed E-state index contributed by atoms with van der Waals surface area (Å²) < 4.78 is 0. The molecule has 1 nitrogen and oxygen atoms in total. The Morgan fingerprint density at radius 3 is 2.56 bits per heavy atom. The molecule has 0 aromatic carbocycles. The Kier molecular flexibility index (Phi) is 5.00. The van der Waals surface area contributed by atoms with Gasteiger partial charge in [-0.3, -0.25) is 4.99 Å². The Balaban J connectivity index is 3.96. The second kappa shape index (κ2) is 4.94. The summed E-state index contributed by atoms with van der Waals surface area (Å²) in [6, 6.07) is 0. The third-order valence-corrected chi connectivity index (χ3v) is 2.08. The number of thioether (sulfide) groups is 1. The van der Waals surface area contributed by atoms with Gasteiger partial charge in [0.25, 0.3) is 0 Å². The van der Waals surface area contributed by atoms with Gasteiger partial charge < -0.3 is 0 Å². The van der Waals surface area contributed by atoms with E-state index < -0.39 is 0 Å². The molecule has 0 aliphatic heterocycles. The lowest BCUT2D eigenvalue weighted by Gasteiger charge is -2.02. The molecule has 0 fully saturated rings. The molecule has 1 unspecified atom stereocenters. The first kappa shape index (κ1) is 9.11. The van der Waals surface area contributed by atoms with Crippen LogP contribution >= 0.6 is 24.4 Å². The monoisotopic (exact) mass is 161 g/mol. The van der Waals surface area contributed by atoms with Gasteiger partial charge >= 0.3 is 0 Å². The van der Waals surface area contributed by atoms with E-state index in [1.807, 2.05) is 13.2 Å². The summed E-state index contributed by atoms with van der Waals surface area (Å²) in [6.07, 6.45) is 3.52. The first-order valence-corrected chi connectivity index (χ1v) is 4.37. The SMILES string of the molecule is C=CN=C(SC)C(C)S. The summed E-state index contributed by atoms with van der Waals surface area (Å²) >= 11 is 5.81. The zero-order valence-electron chi connectivity index (χ0n) is 5.66. The second-order valence-electron chi connectivity index (χ2n) is 1.53. The maximum atomic E-state index is 4.21. The van der Waals surface area contributed by atoms with Gasteiger partial charge in [-0.15, -0.1) is 11.8 Å². The fourth-order valence-corrected chi connectivity index (χ4v) is 1.33. The van der Waals surface area contributed by atoms with Crippen molar-refractivity contribution in [3.63, 3.8) is 0 Å². The zero-order chi connectivity index (χ0) is 7.28. The Morgan fingerprint density at radius 1 is 1.89 bits per heavy atom. The lowest BCUT2D eigenvalue weighted by molar-refractivity contribution is 1.34. The summed E-state index contributed by atoms with van der Waals surface area (Å²) in [4.78, 5) is 4.01. The Morgan fingerprint density at radius 2 is 2.44 bits per heavy atom. The predicted molar refractivity (Wildman–Crippen MR) is 49.6 cm³/mol. The van der Waals surface area contributed by atoms with Crippen LogP contribution in [0.25, 0.3) is 0 Å². The molecular formula is C6H11NS2. The molecule has 0 N–H and O–H groups in total. The van der Waals surface area contributed by atoms with E-state index in [0.717, 1.165) is 5.04 Å². The van der Waals surface area contributed by atoms with Gasteiger partial charge in [0.15, 0.2) is 0 Å². The summed E-state index contributed by atoms with van der Waals surface area (Å²) in [5.41, 5.74) is 0. The smallest absolute Gasteiger partial charge is 0.0853 e. The molecular weight excluding hydrogens is 150 g/mol. The first-order valence-electron chi connectivity index (χ1n) is 2.63. The maximum Gasteiger partial charge on any atom is 0.0853 e. The highest BCUT2D eigenvalue weighted by Crippen LogP contribution is 2.08. The molecule has 0 aromatic rings. The molecule has 0 saturated heterocycles. The van der Waals surface area contributed by atoms with Crippen molar-refractivity contribution < 1.29 is 0 Å². The van der Waals surface area contributed by atoms with E-state index in [1.54, 1.807) is 18.0 Å². The van der Waals surface area contributed by atoms with Crippen LogP contribution in [-0.2, 0) is 0 Å². The van der Waals surface area contributed by atoms with Gasteiger partial charge in [0.2, 0.25) is 0 Å². The van der Waals surface area contributed by atoms with E-state index in [0.29, 0.717) is 0 Å². The molecule has 0 aliphatic carbocycles. The minimum Gasteiger partial charge on any atom is -0.254 e. The van der Waals surface area contributed by atoms with Gasteiger partial charge in [-0.05, 0) is 13.2 Å². The van der Waals surface area contributed by atoms with E-state index in [1.165, 1.54) is 0 Å². The maximum absolute atomic E-state index is 4.21. The van der Waals surface area contributed by atoms with Crippen LogP contribution in [0.5, 0.6) is 0 Å². The normalized spacial score (nSPS) is 15.2. The lowest BCUT2D eigenvalue weighted by atomic mass is 10.5. The third kappa shape index (κ3) is 3.65. The van der Waals surface area contributed by atoms with E-state index in [4.69, 9.17) is 0 Å². The Labute approximate surface area is 66.0 Å². The zero-order valence-corrected chi connectivity index (χ0v) is 7.38. The summed E-state index contributed by atoms with van der Waals surface area (Å²) in [5.74, 6) is 0. The predicted octanol–water partition coefficient (Wildman–Crippen LogP) is 2.21. The van der Waals surface area contributed by atoms with E-state index in [2.05, 4.69) is 24.2 Å². The highest BCUT2D eigenvalue weighted by molar-refractivity contribution is 8.14. The van der Waals surface area contributed by atoms with Crippen molar-refractivity contribution in [3.05, 3.63) is 12.8 Å². The minimum atomic E-state index is 0.220. The van der Waals surface area contributed by atoms with Crippen LogP contribution in [0.15, 0.2) is 17.8 Å². The standard InChI is InChI=1S/C6H11NS2/c1-4-7-6(9-3)5(2)8/h4-5,8H,1H2,2-3H3. The van der Waals surface area contributed by atoms with Crippen LogP contribution < -0.4 is 0 Å². The molecule has 3 heteroatoms. The number of hydrogen-bond acceptors (Lipinski definition) is 3. The van der Waals surface area contributed by atoms with Gasteiger partial charge in [0.05, 0.1) is 5.04 Å². The van der Waals surface area contributed by atoms with E-state index in [-0.39, 0.29) is 5.25 Å². The first-order chi connectivity index (χ1) is 4.22. The average Bonchev–Trinajstić information content (AvgIpc) is 1.82. The van der Waals surface area contributed by atoms with Crippen molar-refractivity contribution in [1.29, 1.82) is 0 Å². The van der Waals surface area contributed by atoms with Gasteiger partial charge in [0.1, 0.15) is 0 Å². The third-order valence-electron chi connectivity index (χ3n) is 0.785. The molecule has 0 amide bonds. The second-order valence-corrected chi connectivity index (χ2v) is 3.13. The van der Waals surface area contributed by atoms with Crippen molar-refractivity contribution in [2.45, 2.75) is 12.2 Å². The quantitative estimate of drug-likeness (QED) is 0.372. The summed E-state index contributed by atoms with van der Waals surface area (Å²) in [6.45, 7) is 5.48.